The predicted molar refractivity (Wildman–Crippen MR) is 306 cm³/mol. The standard InChI is InChI=1S/C72H64N2/c1(3-5-7-29-47-73-69(49-31-13-9-14-32-49)65-61-53-39-21-23-41-55(53)62(56-42-24-22-40-54(56)61)66(65)70(73)50-33-15-10-16-34-50)2-4-6-8-30-48-74-71(51-35-17-11-18-36-51)67-63-57-43-25-27-45-59(57)64(60-46-28-26-44-58(60)63)68(67)72(74)52-37-19-12-20-38-52/h9-28,31-46,61-64H,1-8,29-30,47-48H2. The molecule has 0 atom stereocenters. The molecule has 2 heterocycles. The summed E-state index contributed by atoms with van der Waals surface area (Å²) in [5, 5.41) is 0. The van der Waals surface area contributed by atoms with Crippen LogP contribution in [0.3, 0.4) is 0 Å². The van der Waals surface area contributed by atoms with E-state index in [4.69, 9.17) is 0 Å². The molecule has 0 radical (unpaired) electrons. The lowest BCUT2D eigenvalue weighted by Gasteiger charge is -2.41. The van der Waals surface area contributed by atoms with Crippen LogP contribution in [0.1, 0.15) is 155 Å². The van der Waals surface area contributed by atoms with E-state index in [1.165, 1.54) is 176 Å². The SMILES string of the molecule is c1ccc(-c2c3c(c(-c4ccccc4)n2CCCCCCCCCCCCn2c(-c4ccccc4)c4c(c2-c2ccccc2)C2c5ccccc5C4c4ccccc42)C2c4ccccc4C3c3ccccc32)cc1. The van der Waals surface area contributed by atoms with Gasteiger partial charge in [0.15, 0.2) is 0 Å². The Morgan fingerprint density at radius 1 is 0.203 bits per heavy atom. The Bertz CT molecular complexity index is 3070. The zero-order valence-corrected chi connectivity index (χ0v) is 42.5. The molecule has 6 aliphatic carbocycles. The van der Waals surface area contributed by atoms with Gasteiger partial charge in [0, 0.05) is 36.8 Å². The number of aromatic nitrogens is 2. The zero-order chi connectivity index (χ0) is 49.0. The van der Waals surface area contributed by atoms with E-state index in [1.54, 1.807) is 0 Å². The van der Waals surface area contributed by atoms with Gasteiger partial charge in [0.2, 0.25) is 0 Å². The minimum absolute atomic E-state index is 0.228. The van der Waals surface area contributed by atoms with Gasteiger partial charge >= 0.3 is 0 Å². The van der Waals surface area contributed by atoms with Crippen LogP contribution in [0.25, 0.3) is 45.0 Å². The van der Waals surface area contributed by atoms with E-state index in [-0.39, 0.29) is 23.7 Å². The van der Waals surface area contributed by atoms with Crippen molar-refractivity contribution in [3.63, 3.8) is 0 Å². The van der Waals surface area contributed by atoms with Crippen molar-refractivity contribution in [2.45, 2.75) is 101 Å². The van der Waals surface area contributed by atoms with E-state index in [1.807, 2.05) is 0 Å². The lowest BCUT2D eigenvalue weighted by molar-refractivity contribution is 0.525. The molecule has 74 heavy (non-hydrogen) atoms. The smallest absolute Gasteiger partial charge is 0.0530 e. The first-order valence-electron chi connectivity index (χ1n) is 27.9. The molecule has 0 N–H and O–H groups in total. The molecule has 0 unspecified atom stereocenters. The number of unbranched alkanes of at least 4 members (excludes halogenated alkanes) is 9. The van der Waals surface area contributed by atoms with Crippen LogP contribution < -0.4 is 0 Å². The Hall–Kier alpha value is -7.68. The minimum Gasteiger partial charge on any atom is -0.340 e. The molecule has 2 aromatic heterocycles. The number of nitrogens with zero attached hydrogens (tertiary/aromatic N) is 2. The van der Waals surface area contributed by atoms with Crippen molar-refractivity contribution in [1.29, 1.82) is 0 Å². The molecule has 8 aromatic carbocycles. The van der Waals surface area contributed by atoms with Crippen LogP contribution in [0.15, 0.2) is 218 Å². The molecule has 0 aliphatic heterocycles. The van der Waals surface area contributed by atoms with Crippen LogP contribution in [0.4, 0.5) is 0 Å². The summed E-state index contributed by atoms with van der Waals surface area (Å²) in [7, 11) is 0. The predicted octanol–water partition coefficient (Wildman–Crippen LogP) is 18.5. The molecule has 0 saturated heterocycles. The molecule has 2 heteroatoms. The van der Waals surface area contributed by atoms with E-state index in [9.17, 15) is 0 Å². The first-order valence-corrected chi connectivity index (χ1v) is 27.9. The molecule has 6 aliphatic rings. The Morgan fingerprint density at radius 3 is 0.581 bits per heavy atom. The fraction of sp³-hybridized carbons (Fsp3) is 0.222. The van der Waals surface area contributed by atoms with Gasteiger partial charge in [-0.15, -0.1) is 0 Å². The molecule has 16 rings (SSSR count). The number of hydrogen-bond donors (Lipinski definition) is 0. The normalized spacial score (nSPS) is 17.0. The zero-order valence-electron chi connectivity index (χ0n) is 42.5. The van der Waals surface area contributed by atoms with Gasteiger partial charge in [-0.05, 0) is 102 Å². The van der Waals surface area contributed by atoms with Crippen LogP contribution in [0.5, 0.6) is 0 Å². The topological polar surface area (TPSA) is 9.86 Å². The summed E-state index contributed by atoms with van der Waals surface area (Å²) in [4.78, 5) is 0. The van der Waals surface area contributed by atoms with Crippen molar-refractivity contribution < 1.29 is 0 Å². The Balaban J connectivity index is 0.662. The second kappa shape index (κ2) is 19.3. The molecule has 0 fully saturated rings. The van der Waals surface area contributed by atoms with Crippen LogP contribution in [-0.4, -0.2) is 9.13 Å². The van der Waals surface area contributed by atoms with Gasteiger partial charge in [0.1, 0.15) is 0 Å². The third kappa shape index (κ3) is 7.35. The highest BCUT2D eigenvalue weighted by atomic mass is 15.0. The summed E-state index contributed by atoms with van der Waals surface area (Å²) >= 11 is 0. The van der Waals surface area contributed by atoms with Gasteiger partial charge < -0.3 is 9.13 Å². The third-order valence-corrected chi connectivity index (χ3v) is 17.5. The monoisotopic (exact) mass is 957 g/mol. The van der Waals surface area contributed by atoms with Gasteiger partial charge in [-0.25, -0.2) is 0 Å². The number of rotatable bonds is 17. The van der Waals surface area contributed by atoms with Crippen molar-refractivity contribution in [3.8, 4) is 45.0 Å². The van der Waals surface area contributed by atoms with E-state index >= 15 is 0 Å². The van der Waals surface area contributed by atoms with Gasteiger partial charge in [-0.2, -0.15) is 0 Å². The maximum absolute atomic E-state index is 2.75. The Labute approximate surface area is 438 Å². The second-order valence-electron chi connectivity index (χ2n) is 21.6. The van der Waals surface area contributed by atoms with Gasteiger partial charge in [-0.1, -0.05) is 270 Å². The van der Waals surface area contributed by atoms with Crippen molar-refractivity contribution >= 4 is 0 Å². The summed E-state index contributed by atoms with van der Waals surface area (Å²) in [6, 6.07) is 82.5. The molecular weight excluding hydrogens is 893 g/mol. The van der Waals surface area contributed by atoms with Crippen molar-refractivity contribution in [2.75, 3.05) is 0 Å². The summed E-state index contributed by atoms with van der Waals surface area (Å²) in [5.41, 5.74) is 29.0. The Morgan fingerprint density at radius 2 is 0.378 bits per heavy atom. The van der Waals surface area contributed by atoms with Gasteiger partial charge in [0.25, 0.3) is 0 Å². The van der Waals surface area contributed by atoms with Crippen LogP contribution in [0, 0.1) is 0 Å². The van der Waals surface area contributed by atoms with Crippen LogP contribution >= 0.6 is 0 Å². The molecule has 0 saturated carbocycles. The quantitative estimate of drug-likeness (QED) is 0.0805. The molecular formula is C72H64N2. The van der Waals surface area contributed by atoms with E-state index in [0.717, 1.165) is 13.1 Å². The van der Waals surface area contributed by atoms with Crippen molar-refractivity contribution in [3.05, 3.63) is 285 Å². The molecule has 0 amide bonds. The first kappa shape index (κ1) is 45.0. The highest BCUT2D eigenvalue weighted by Crippen LogP contribution is 2.63. The second-order valence-corrected chi connectivity index (χ2v) is 21.6. The largest absolute Gasteiger partial charge is 0.340 e. The maximum atomic E-state index is 2.75. The van der Waals surface area contributed by atoms with Crippen LogP contribution in [0.2, 0.25) is 0 Å². The third-order valence-electron chi connectivity index (χ3n) is 17.5. The van der Waals surface area contributed by atoms with Crippen molar-refractivity contribution in [1.82, 2.24) is 9.13 Å². The van der Waals surface area contributed by atoms with E-state index in [2.05, 4.69) is 228 Å². The number of hydrogen-bond acceptors (Lipinski definition) is 0. The fourth-order valence-electron chi connectivity index (χ4n) is 14.6. The lowest BCUT2D eigenvalue weighted by atomic mass is 9.61. The molecule has 362 valence electrons. The Kier molecular flexibility index (Phi) is 11.7. The molecule has 2 nitrogen and oxygen atoms in total. The highest BCUT2D eigenvalue weighted by molar-refractivity contribution is 5.87. The van der Waals surface area contributed by atoms with Gasteiger partial charge in [0.05, 0.1) is 22.8 Å². The summed E-state index contributed by atoms with van der Waals surface area (Å²) < 4.78 is 5.51. The summed E-state index contributed by atoms with van der Waals surface area (Å²) in [6.07, 6.45) is 12.7. The molecule has 0 spiro atoms. The minimum atomic E-state index is 0.228. The maximum Gasteiger partial charge on any atom is 0.0530 e. The fourth-order valence-corrected chi connectivity index (χ4v) is 14.6. The van der Waals surface area contributed by atoms with E-state index < -0.39 is 0 Å². The average Bonchev–Trinajstić information content (AvgIpc) is 4.03. The highest BCUT2D eigenvalue weighted by Gasteiger charge is 2.48. The summed E-state index contributed by atoms with van der Waals surface area (Å²) in [6.45, 7) is 2.05. The van der Waals surface area contributed by atoms with Crippen LogP contribution in [-0.2, 0) is 13.1 Å². The van der Waals surface area contributed by atoms with E-state index in [0.29, 0.717) is 0 Å². The average molecular weight is 957 g/mol. The summed E-state index contributed by atoms with van der Waals surface area (Å²) in [5.74, 6) is 0.911. The van der Waals surface area contributed by atoms with Crippen molar-refractivity contribution in [2.24, 2.45) is 0 Å². The first-order chi connectivity index (χ1) is 36.8. The van der Waals surface area contributed by atoms with Gasteiger partial charge in [-0.3, -0.25) is 0 Å². The molecule has 4 bridgehead atoms. The lowest BCUT2D eigenvalue weighted by Crippen LogP contribution is -2.27. The molecule has 10 aromatic rings. The number of benzene rings is 8.